The van der Waals surface area contributed by atoms with Gasteiger partial charge in [0.2, 0.25) is 10.0 Å². The fourth-order valence-corrected chi connectivity index (χ4v) is 5.54. The Kier molecular flexibility index (Phi) is 4.88. The first-order valence-corrected chi connectivity index (χ1v) is 9.65. The smallest absolute Gasteiger partial charge is 0.241 e. The van der Waals surface area contributed by atoms with Gasteiger partial charge in [-0.3, -0.25) is 0 Å². The summed E-state index contributed by atoms with van der Waals surface area (Å²) in [5.41, 5.74) is 1.63. The van der Waals surface area contributed by atoms with Gasteiger partial charge in [0.25, 0.3) is 0 Å². The van der Waals surface area contributed by atoms with Crippen molar-refractivity contribution in [2.75, 3.05) is 27.4 Å². The highest BCUT2D eigenvalue weighted by atomic mass is 32.2. The van der Waals surface area contributed by atoms with Crippen LogP contribution >= 0.6 is 0 Å². The van der Waals surface area contributed by atoms with Crippen molar-refractivity contribution < 1.29 is 22.6 Å². The summed E-state index contributed by atoms with van der Waals surface area (Å²) < 4.78 is 45.0. The van der Waals surface area contributed by atoms with Crippen LogP contribution in [-0.2, 0) is 19.5 Å². The van der Waals surface area contributed by atoms with E-state index in [9.17, 15) is 8.42 Å². The standard InChI is InChI=1S/C17H25NO5S/c1-10-7-11(2)15(8-14(10)22-4)24(19,20)18-16-12-5-6-23-17(12)13(16)9-21-3/h7-8,12-13,16-18H,5-6,9H2,1-4H3/t12-,13+,16+,17-/m0/s1. The van der Waals surface area contributed by atoms with Crippen LogP contribution in [0.25, 0.3) is 0 Å². The molecule has 2 fully saturated rings. The summed E-state index contributed by atoms with van der Waals surface area (Å²) in [6.45, 7) is 4.88. The second-order valence-corrected chi connectivity index (χ2v) is 8.32. The Labute approximate surface area is 143 Å². The van der Waals surface area contributed by atoms with E-state index in [1.165, 1.54) is 0 Å². The van der Waals surface area contributed by atoms with Gasteiger partial charge in [-0.25, -0.2) is 13.1 Å². The first kappa shape index (κ1) is 17.7. The minimum absolute atomic E-state index is 0.0601. The van der Waals surface area contributed by atoms with Crippen LogP contribution in [-0.4, -0.2) is 48.0 Å². The van der Waals surface area contributed by atoms with Crippen LogP contribution in [0.5, 0.6) is 5.75 Å². The summed E-state index contributed by atoms with van der Waals surface area (Å²) in [5.74, 6) is 0.864. The Hall–Kier alpha value is -1.15. The van der Waals surface area contributed by atoms with E-state index in [0.717, 1.165) is 12.0 Å². The summed E-state index contributed by atoms with van der Waals surface area (Å²) in [7, 11) is -0.459. The van der Waals surface area contributed by atoms with Gasteiger partial charge in [-0.2, -0.15) is 0 Å². The molecule has 2 aliphatic rings. The maximum absolute atomic E-state index is 12.9. The first-order valence-electron chi connectivity index (χ1n) is 8.17. The van der Waals surface area contributed by atoms with Gasteiger partial charge in [0.1, 0.15) is 5.75 Å². The number of hydrogen-bond donors (Lipinski definition) is 1. The molecule has 0 unspecified atom stereocenters. The van der Waals surface area contributed by atoms with Gasteiger partial charge >= 0.3 is 0 Å². The summed E-state index contributed by atoms with van der Waals surface area (Å²) >= 11 is 0. The van der Waals surface area contributed by atoms with Gasteiger partial charge < -0.3 is 14.2 Å². The highest BCUT2D eigenvalue weighted by Crippen LogP contribution is 2.44. The SMILES string of the molecule is COC[C@@H]1[C@H](NS(=O)(=O)c2cc(OC)c(C)cc2C)[C@@H]2CCO[C@H]12. The number of rotatable bonds is 6. The summed E-state index contributed by atoms with van der Waals surface area (Å²) in [4.78, 5) is 0.267. The lowest BCUT2D eigenvalue weighted by molar-refractivity contribution is -0.0775. The summed E-state index contributed by atoms with van der Waals surface area (Å²) in [6, 6.07) is 3.29. The second kappa shape index (κ2) is 6.63. The van der Waals surface area contributed by atoms with Crippen molar-refractivity contribution in [1.29, 1.82) is 0 Å². The van der Waals surface area contributed by atoms with Crippen molar-refractivity contribution >= 4 is 10.0 Å². The number of aryl methyl sites for hydroxylation is 2. The average Bonchev–Trinajstić information content (AvgIpc) is 2.95. The van der Waals surface area contributed by atoms with E-state index in [1.54, 1.807) is 27.2 Å². The number of sulfonamides is 1. The second-order valence-electron chi connectivity index (χ2n) is 6.64. The molecule has 1 aromatic carbocycles. The number of benzene rings is 1. The molecule has 1 aliphatic carbocycles. The zero-order chi connectivity index (χ0) is 17.5. The molecule has 1 aromatic rings. The molecule has 7 heteroatoms. The topological polar surface area (TPSA) is 73.9 Å². The molecule has 0 radical (unpaired) electrons. The van der Waals surface area contributed by atoms with Gasteiger partial charge in [0, 0.05) is 37.7 Å². The van der Waals surface area contributed by atoms with Crippen LogP contribution in [0, 0.1) is 25.7 Å². The molecule has 0 spiro atoms. The molecule has 1 heterocycles. The van der Waals surface area contributed by atoms with E-state index in [4.69, 9.17) is 14.2 Å². The fraction of sp³-hybridized carbons (Fsp3) is 0.647. The summed E-state index contributed by atoms with van der Waals surface area (Å²) in [5, 5.41) is 0. The van der Waals surface area contributed by atoms with E-state index >= 15 is 0 Å². The highest BCUT2D eigenvalue weighted by molar-refractivity contribution is 7.89. The lowest BCUT2D eigenvalue weighted by Crippen LogP contribution is -2.62. The predicted octanol–water partition coefficient (Wildman–Crippen LogP) is 1.64. The number of ether oxygens (including phenoxy) is 3. The normalized spacial score (nSPS) is 29.2. The Morgan fingerprint density at radius 2 is 2.00 bits per heavy atom. The van der Waals surface area contributed by atoms with Crippen LogP contribution in [0.3, 0.4) is 0 Å². The molecule has 1 N–H and O–H groups in total. The Morgan fingerprint density at radius 3 is 2.67 bits per heavy atom. The van der Waals surface area contributed by atoms with Gasteiger partial charge in [0.05, 0.1) is 24.7 Å². The Balaban J connectivity index is 1.86. The molecule has 1 saturated carbocycles. The molecule has 4 atom stereocenters. The lowest BCUT2D eigenvalue weighted by atomic mass is 9.68. The van der Waals surface area contributed by atoms with Gasteiger partial charge in [0.15, 0.2) is 0 Å². The van der Waals surface area contributed by atoms with E-state index < -0.39 is 10.0 Å². The molecule has 24 heavy (non-hydrogen) atoms. The van der Waals surface area contributed by atoms with Gasteiger partial charge in [-0.15, -0.1) is 0 Å². The molecule has 1 aliphatic heterocycles. The van der Waals surface area contributed by atoms with Crippen LogP contribution in [0.1, 0.15) is 17.5 Å². The monoisotopic (exact) mass is 355 g/mol. The van der Waals surface area contributed by atoms with Crippen molar-refractivity contribution in [3.63, 3.8) is 0 Å². The van der Waals surface area contributed by atoms with Gasteiger partial charge in [-0.05, 0) is 31.4 Å². The van der Waals surface area contributed by atoms with Crippen LogP contribution < -0.4 is 9.46 Å². The third-order valence-electron chi connectivity index (χ3n) is 5.16. The van der Waals surface area contributed by atoms with E-state index in [0.29, 0.717) is 24.5 Å². The molecule has 134 valence electrons. The molecule has 1 saturated heterocycles. The minimum atomic E-state index is -3.63. The lowest BCUT2D eigenvalue weighted by Gasteiger charge is -2.47. The number of fused-ring (bicyclic) bond motifs is 1. The maximum Gasteiger partial charge on any atom is 0.241 e. The average molecular weight is 355 g/mol. The fourth-order valence-electron chi connectivity index (χ4n) is 3.96. The third kappa shape index (κ3) is 2.94. The van der Waals surface area contributed by atoms with Crippen molar-refractivity contribution in [2.24, 2.45) is 11.8 Å². The number of methoxy groups -OCH3 is 2. The molecule has 3 rings (SSSR count). The minimum Gasteiger partial charge on any atom is -0.496 e. The van der Waals surface area contributed by atoms with Crippen molar-refractivity contribution in [2.45, 2.75) is 37.3 Å². The molecule has 6 nitrogen and oxygen atoms in total. The summed E-state index contributed by atoms with van der Waals surface area (Å²) in [6.07, 6.45) is 0.986. The van der Waals surface area contributed by atoms with Crippen molar-refractivity contribution in [3.8, 4) is 5.75 Å². The first-order chi connectivity index (χ1) is 11.4. The Bertz CT molecular complexity index is 718. The van der Waals surface area contributed by atoms with E-state index in [1.807, 2.05) is 13.0 Å². The van der Waals surface area contributed by atoms with Crippen LogP contribution in [0.4, 0.5) is 0 Å². The number of hydrogen-bond acceptors (Lipinski definition) is 5. The van der Waals surface area contributed by atoms with E-state index in [2.05, 4.69) is 4.72 Å². The maximum atomic E-state index is 12.9. The van der Waals surface area contributed by atoms with Gasteiger partial charge in [-0.1, -0.05) is 6.07 Å². The van der Waals surface area contributed by atoms with Crippen LogP contribution in [0.2, 0.25) is 0 Å². The largest absolute Gasteiger partial charge is 0.496 e. The predicted molar refractivity (Wildman–Crippen MR) is 89.8 cm³/mol. The Morgan fingerprint density at radius 1 is 1.25 bits per heavy atom. The molecule has 0 amide bonds. The zero-order valence-corrected chi connectivity index (χ0v) is 15.4. The highest BCUT2D eigenvalue weighted by Gasteiger charge is 2.55. The quantitative estimate of drug-likeness (QED) is 0.840. The molecular weight excluding hydrogens is 330 g/mol. The third-order valence-corrected chi connectivity index (χ3v) is 6.76. The van der Waals surface area contributed by atoms with Crippen LogP contribution in [0.15, 0.2) is 17.0 Å². The molecular formula is C17H25NO5S. The zero-order valence-electron chi connectivity index (χ0n) is 14.5. The van der Waals surface area contributed by atoms with E-state index in [-0.39, 0.29) is 28.9 Å². The molecule has 0 aromatic heterocycles. The van der Waals surface area contributed by atoms with Crippen molar-refractivity contribution in [1.82, 2.24) is 4.72 Å². The van der Waals surface area contributed by atoms with Crippen molar-refractivity contribution in [3.05, 3.63) is 23.3 Å². The molecule has 0 bridgehead atoms. The number of nitrogens with one attached hydrogen (secondary N) is 1.